The molecule has 0 aliphatic rings. The number of carbonyl (C=O) groups excluding carboxylic acids is 1. The van der Waals surface area contributed by atoms with Gasteiger partial charge in [0.25, 0.3) is 0 Å². The molecule has 3 aromatic rings. The Hall–Kier alpha value is -1.64. The maximum absolute atomic E-state index is 11.8. The van der Waals surface area contributed by atoms with Gasteiger partial charge in [-0.3, -0.25) is 4.79 Å². The van der Waals surface area contributed by atoms with Crippen molar-refractivity contribution in [3.05, 3.63) is 39.9 Å². The molecule has 0 saturated carbocycles. The minimum absolute atomic E-state index is 0.223. The molecule has 0 aromatic carbocycles. The molecule has 114 valence electrons. The number of thiophene rings is 2. The molecule has 0 radical (unpaired) electrons. The smallest absolute Gasteiger partial charge is 0.316 e. The van der Waals surface area contributed by atoms with Crippen molar-refractivity contribution in [2.45, 2.75) is 11.8 Å². The number of thioether (sulfide) groups is 1. The van der Waals surface area contributed by atoms with E-state index in [1.807, 2.05) is 46.0 Å². The zero-order chi connectivity index (χ0) is 15.4. The third-order valence-electron chi connectivity index (χ3n) is 2.88. The van der Waals surface area contributed by atoms with Crippen molar-refractivity contribution in [2.24, 2.45) is 7.05 Å². The van der Waals surface area contributed by atoms with Crippen LogP contribution in [-0.4, -0.2) is 26.5 Å². The van der Waals surface area contributed by atoms with Crippen molar-refractivity contribution >= 4 is 40.4 Å². The van der Waals surface area contributed by atoms with Gasteiger partial charge in [-0.1, -0.05) is 17.8 Å². The first kappa shape index (κ1) is 15.3. The standard InChI is InChI=1S/C14H13N3O2S3/c1-17-13(11-3-2-5-21-11)15-16-14(17)22-9-12(18)19-7-10-4-6-20-8-10/h2-6,8H,7,9H2,1H3. The van der Waals surface area contributed by atoms with Crippen molar-refractivity contribution in [2.75, 3.05) is 5.75 Å². The predicted molar refractivity (Wildman–Crippen MR) is 89.2 cm³/mol. The lowest BCUT2D eigenvalue weighted by Crippen LogP contribution is -2.07. The molecule has 0 N–H and O–H groups in total. The van der Waals surface area contributed by atoms with Crippen LogP contribution in [0.4, 0.5) is 0 Å². The number of nitrogens with zero attached hydrogens (tertiary/aromatic N) is 3. The lowest BCUT2D eigenvalue weighted by Gasteiger charge is -2.04. The lowest BCUT2D eigenvalue weighted by atomic mass is 10.4. The largest absolute Gasteiger partial charge is 0.460 e. The van der Waals surface area contributed by atoms with Crippen LogP contribution >= 0.6 is 34.4 Å². The summed E-state index contributed by atoms with van der Waals surface area (Å²) >= 11 is 4.53. The highest BCUT2D eigenvalue weighted by Gasteiger charge is 2.14. The third kappa shape index (κ3) is 3.57. The second-order valence-electron chi connectivity index (χ2n) is 4.42. The molecule has 8 heteroatoms. The van der Waals surface area contributed by atoms with Crippen LogP contribution < -0.4 is 0 Å². The van der Waals surface area contributed by atoms with Gasteiger partial charge in [-0.25, -0.2) is 0 Å². The summed E-state index contributed by atoms with van der Waals surface area (Å²) in [5, 5.41) is 14.9. The Morgan fingerprint density at radius 3 is 3.00 bits per heavy atom. The minimum atomic E-state index is -0.253. The Balaban J connectivity index is 1.54. The van der Waals surface area contributed by atoms with Crippen LogP contribution in [0.5, 0.6) is 0 Å². The summed E-state index contributed by atoms with van der Waals surface area (Å²) < 4.78 is 7.11. The van der Waals surface area contributed by atoms with Crippen molar-refractivity contribution in [3.8, 4) is 10.7 Å². The third-order valence-corrected chi connectivity index (χ3v) is 5.47. The first-order valence-corrected chi connectivity index (χ1v) is 9.27. The highest BCUT2D eigenvalue weighted by molar-refractivity contribution is 7.99. The summed E-state index contributed by atoms with van der Waals surface area (Å²) in [5.74, 6) is 0.779. The Morgan fingerprint density at radius 1 is 1.36 bits per heavy atom. The first-order valence-electron chi connectivity index (χ1n) is 6.47. The van der Waals surface area contributed by atoms with Gasteiger partial charge in [0.05, 0.1) is 10.6 Å². The van der Waals surface area contributed by atoms with Crippen LogP contribution in [0.25, 0.3) is 10.7 Å². The van der Waals surface area contributed by atoms with Gasteiger partial charge in [0, 0.05) is 12.6 Å². The molecule has 3 heterocycles. The quantitative estimate of drug-likeness (QED) is 0.503. The molecule has 5 nitrogen and oxygen atoms in total. The van der Waals surface area contributed by atoms with Gasteiger partial charge < -0.3 is 9.30 Å². The maximum atomic E-state index is 11.8. The Labute approximate surface area is 140 Å². The van der Waals surface area contributed by atoms with E-state index in [-0.39, 0.29) is 11.7 Å². The molecule has 3 rings (SSSR count). The predicted octanol–water partition coefficient (Wildman–Crippen LogP) is 3.44. The molecule has 22 heavy (non-hydrogen) atoms. The van der Waals surface area contributed by atoms with E-state index in [1.165, 1.54) is 11.8 Å². The van der Waals surface area contributed by atoms with Crippen LogP contribution in [0, 0.1) is 0 Å². The Bertz CT molecular complexity index is 736. The zero-order valence-electron chi connectivity index (χ0n) is 11.8. The lowest BCUT2D eigenvalue weighted by molar-refractivity contribution is -0.141. The molecule has 0 aliphatic carbocycles. The summed E-state index contributed by atoms with van der Waals surface area (Å²) in [6.07, 6.45) is 0. The fourth-order valence-electron chi connectivity index (χ4n) is 1.76. The highest BCUT2D eigenvalue weighted by atomic mass is 32.2. The second kappa shape index (κ2) is 7.08. The van der Waals surface area contributed by atoms with Gasteiger partial charge in [0.1, 0.15) is 6.61 Å². The summed E-state index contributed by atoms with van der Waals surface area (Å²) in [5.41, 5.74) is 1.02. The molecule has 3 aromatic heterocycles. The number of rotatable bonds is 6. The molecular formula is C14H13N3O2S3. The van der Waals surface area contributed by atoms with Crippen LogP contribution in [-0.2, 0) is 23.2 Å². The highest BCUT2D eigenvalue weighted by Crippen LogP contribution is 2.26. The van der Waals surface area contributed by atoms with Gasteiger partial charge in [-0.05, 0) is 28.3 Å². The van der Waals surface area contributed by atoms with E-state index in [0.29, 0.717) is 11.8 Å². The van der Waals surface area contributed by atoms with E-state index >= 15 is 0 Å². The minimum Gasteiger partial charge on any atom is -0.460 e. The summed E-state index contributed by atoms with van der Waals surface area (Å²) in [4.78, 5) is 12.8. The van der Waals surface area contributed by atoms with Crippen LogP contribution in [0.1, 0.15) is 5.56 Å². The molecule has 0 fully saturated rings. The molecular weight excluding hydrogens is 338 g/mol. The van der Waals surface area contributed by atoms with Crippen LogP contribution in [0.3, 0.4) is 0 Å². The summed E-state index contributed by atoms with van der Waals surface area (Å²) in [7, 11) is 1.90. The molecule has 0 bridgehead atoms. The molecule has 0 aliphatic heterocycles. The average molecular weight is 351 g/mol. The summed E-state index contributed by atoms with van der Waals surface area (Å²) in [6.45, 7) is 0.322. The van der Waals surface area contributed by atoms with Gasteiger partial charge in [-0.15, -0.1) is 21.5 Å². The number of hydrogen-bond donors (Lipinski definition) is 0. The van der Waals surface area contributed by atoms with Gasteiger partial charge in [0.2, 0.25) is 0 Å². The van der Waals surface area contributed by atoms with E-state index in [4.69, 9.17) is 4.74 Å². The van der Waals surface area contributed by atoms with E-state index < -0.39 is 0 Å². The van der Waals surface area contributed by atoms with E-state index in [1.54, 1.807) is 22.7 Å². The fraction of sp³-hybridized carbons (Fsp3) is 0.214. The van der Waals surface area contributed by atoms with E-state index in [2.05, 4.69) is 10.2 Å². The SMILES string of the molecule is Cn1c(SCC(=O)OCc2ccsc2)nnc1-c1cccs1. The normalized spacial score (nSPS) is 10.8. The number of hydrogen-bond acceptors (Lipinski definition) is 7. The van der Waals surface area contributed by atoms with Crippen molar-refractivity contribution in [3.63, 3.8) is 0 Å². The summed E-state index contributed by atoms with van der Waals surface area (Å²) in [6, 6.07) is 5.92. The number of carbonyl (C=O) groups is 1. The van der Waals surface area contributed by atoms with Crippen LogP contribution in [0.2, 0.25) is 0 Å². The molecule has 0 spiro atoms. The monoisotopic (exact) mass is 351 g/mol. The Kier molecular flexibility index (Phi) is 4.91. The van der Waals surface area contributed by atoms with Gasteiger partial charge in [0.15, 0.2) is 11.0 Å². The molecule has 0 saturated heterocycles. The maximum Gasteiger partial charge on any atom is 0.316 e. The van der Waals surface area contributed by atoms with Crippen molar-refractivity contribution in [1.29, 1.82) is 0 Å². The number of esters is 1. The van der Waals surface area contributed by atoms with Gasteiger partial charge >= 0.3 is 5.97 Å². The first-order chi connectivity index (χ1) is 10.7. The fourth-order valence-corrected chi connectivity index (χ4v) is 3.87. The average Bonchev–Trinajstić information content (AvgIpc) is 3.25. The van der Waals surface area contributed by atoms with Crippen molar-refractivity contribution in [1.82, 2.24) is 14.8 Å². The number of ether oxygens (including phenoxy) is 1. The van der Waals surface area contributed by atoms with Crippen molar-refractivity contribution < 1.29 is 9.53 Å². The number of aromatic nitrogens is 3. The molecule has 0 amide bonds. The topological polar surface area (TPSA) is 57.0 Å². The van der Waals surface area contributed by atoms with Crippen LogP contribution in [0.15, 0.2) is 39.5 Å². The molecule has 0 unspecified atom stereocenters. The molecule has 0 atom stereocenters. The second-order valence-corrected chi connectivity index (χ2v) is 7.09. The zero-order valence-corrected chi connectivity index (χ0v) is 14.2. The van der Waals surface area contributed by atoms with E-state index in [0.717, 1.165) is 16.3 Å². The van der Waals surface area contributed by atoms with E-state index in [9.17, 15) is 4.79 Å². The Morgan fingerprint density at radius 2 is 2.27 bits per heavy atom. The van der Waals surface area contributed by atoms with Gasteiger partial charge in [-0.2, -0.15) is 11.3 Å².